The number of nitrogens with zero attached hydrogens (tertiary/aromatic N) is 1. The maximum Gasteiger partial charge on any atom is 0.226 e. The van der Waals surface area contributed by atoms with Gasteiger partial charge in [-0.25, -0.2) is 0 Å². The first kappa shape index (κ1) is 21.9. The number of nitrogens with one attached hydrogen (secondary N) is 1. The van der Waals surface area contributed by atoms with Crippen LogP contribution in [0.1, 0.15) is 30.5 Å². The molecule has 3 N–H and O–H groups in total. The van der Waals surface area contributed by atoms with Crippen molar-refractivity contribution in [3.8, 4) is 0 Å². The fourth-order valence-electron chi connectivity index (χ4n) is 2.16. The van der Waals surface area contributed by atoms with Crippen molar-refractivity contribution in [2.24, 2.45) is 16.8 Å². The minimum atomic E-state index is 0. The van der Waals surface area contributed by atoms with Crippen LogP contribution < -0.4 is 27.8 Å². The van der Waals surface area contributed by atoms with Crippen molar-refractivity contribution in [2.75, 3.05) is 0 Å². The van der Waals surface area contributed by atoms with Crippen molar-refractivity contribution < 1.29 is 22.1 Å². The van der Waals surface area contributed by atoms with E-state index in [9.17, 15) is 0 Å². The minimum absolute atomic E-state index is 0. The number of amidine groups is 1. The molecule has 0 aliphatic carbocycles. The molecule has 3 nitrogen and oxygen atoms in total. The Morgan fingerprint density at radius 3 is 2.32 bits per heavy atom. The number of nitrogens with two attached hydrogens (primary N) is 1. The van der Waals surface area contributed by atoms with E-state index in [1.54, 1.807) is 0 Å². The highest BCUT2D eigenvalue weighted by Gasteiger charge is 2.00. The molecule has 6 heteroatoms. The Bertz CT molecular complexity index is 696. The number of hydrogen-bond donors (Lipinski definition) is 2. The van der Waals surface area contributed by atoms with Gasteiger partial charge < -0.3 is 22.7 Å². The van der Waals surface area contributed by atoms with E-state index < -0.39 is 0 Å². The molecule has 0 aliphatic heterocycles. The van der Waals surface area contributed by atoms with Crippen LogP contribution in [0.15, 0.2) is 58.1 Å². The molecule has 0 bridgehead atoms. The molecule has 0 spiro atoms. The lowest BCUT2D eigenvalue weighted by molar-refractivity contribution is -0.456. The predicted molar refractivity (Wildman–Crippen MR) is 108 cm³/mol. The summed E-state index contributed by atoms with van der Waals surface area (Å²) >= 11 is 4.94. The number of hydrogen-bond acceptors (Lipinski definition) is 2. The largest absolute Gasteiger partial charge is 1.00 e. The Hall–Kier alpha value is -1.11. The molecule has 0 amide bonds. The van der Waals surface area contributed by atoms with E-state index >= 15 is 0 Å². The lowest BCUT2D eigenvalue weighted by Crippen LogP contribution is -3.00. The summed E-state index contributed by atoms with van der Waals surface area (Å²) in [4.78, 5) is 0. The number of rotatable bonds is 6. The number of benzene rings is 2. The standard InChI is InChI=1S/C19H22BrN3S.BrH/c1-14(2)11-15-3-5-16(6-4-15)12-22-23-19(21)24-13-17-7-9-18(20)10-8-17;/h3-10,12,14H,11,13H2,1-2H3,(H2,21,23);1H. The second-order valence-electron chi connectivity index (χ2n) is 5.98. The first-order chi connectivity index (χ1) is 11.5. The highest BCUT2D eigenvalue weighted by atomic mass is 79.9. The lowest BCUT2D eigenvalue weighted by Gasteiger charge is -2.03. The molecule has 0 saturated carbocycles. The average Bonchev–Trinajstić information content (AvgIpc) is 2.55. The average molecular weight is 485 g/mol. The van der Waals surface area contributed by atoms with Crippen LogP contribution in [0.5, 0.6) is 0 Å². The summed E-state index contributed by atoms with van der Waals surface area (Å²) in [5.41, 5.74) is 9.57. The Kier molecular flexibility index (Phi) is 10.1. The van der Waals surface area contributed by atoms with Gasteiger partial charge in [0.25, 0.3) is 0 Å². The summed E-state index contributed by atoms with van der Waals surface area (Å²) in [5, 5.41) is 7.60. The molecule has 25 heavy (non-hydrogen) atoms. The first-order valence-corrected chi connectivity index (χ1v) is 9.69. The Morgan fingerprint density at radius 1 is 1.12 bits per heavy atom. The highest BCUT2D eigenvalue weighted by molar-refractivity contribution is 9.10. The van der Waals surface area contributed by atoms with E-state index in [1.165, 1.54) is 22.9 Å². The smallest absolute Gasteiger partial charge is 0.226 e. The second kappa shape index (κ2) is 11.5. The van der Waals surface area contributed by atoms with Crippen LogP contribution in [-0.4, -0.2) is 11.4 Å². The fraction of sp³-hybridized carbons (Fsp3) is 0.263. The highest BCUT2D eigenvalue weighted by Crippen LogP contribution is 2.15. The summed E-state index contributed by atoms with van der Waals surface area (Å²) in [6.45, 7) is 4.45. The SMILES string of the molecule is CC(C)Cc1ccc(C=[NH+]/N=C(\N)SCc2ccc(Br)cc2)cc1.[Br-]. The van der Waals surface area contributed by atoms with Crippen molar-refractivity contribution in [3.05, 3.63) is 69.7 Å². The molecular weight excluding hydrogens is 462 g/mol. The van der Waals surface area contributed by atoms with Gasteiger partial charge in [-0.2, -0.15) is 0 Å². The summed E-state index contributed by atoms with van der Waals surface area (Å²) in [5.74, 6) is 1.47. The molecule has 0 aliphatic rings. The normalized spacial score (nSPS) is 11.8. The second-order valence-corrected chi connectivity index (χ2v) is 7.89. The van der Waals surface area contributed by atoms with E-state index in [-0.39, 0.29) is 17.0 Å². The number of thioether (sulfide) groups is 1. The molecule has 2 rings (SSSR count). The van der Waals surface area contributed by atoms with Crippen molar-refractivity contribution in [2.45, 2.75) is 26.0 Å². The van der Waals surface area contributed by atoms with Gasteiger partial charge in [0.15, 0.2) is 0 Å². The lowest BCUT2D eigenvalue weighted by atomic mass is 10.0. The van der Waals surface area contributed by atoms with Gasteiger partial charge in [0.2, 0.25) is 11.4 Å². The van der Waals surface area contributed by atoms with Crippen molar-refractivity contribution in [3.63, 3.8) is 0 Å². The zero-order valence-electron chi connectivity index (χ0n) is 14.4. The molecule has 0 unspecified atom stereocenters. The van der Waals surface area contributed by atoms with Gasteiger partial charge in [-0.1, -0.05) is 65.8 Å². The molecule has 0 atom stereocenters. The quantitative estimate of drug-likeness (QED) is 0.352. The van der Waals surface area contributed by atoms with Crippen LogP contribution in [-0.2, 0) is 12.2 Å². The van der Waals surface area contributed by atoms with Crippen LogP contribution in [0, 0.1) is 5.92 Å². The van der Waals surface area contributed by atoms with Gasteiger partial charge in [0.1, 0.15) is 0 Å². The fourth-order valence-corrected chi connectivity index (χ4v) is 3.05. The summed E-state index contributed by atoms with van der Waals surface area (Å²) < 4.78 is 1.08. The Morgan fingerprint density at radius 2 is 1.72 bits per heavy atom. The van der Waals surface area contributed by atoms with E-state index in [0.717, 1.165) is 22.2 Å². The monoisotopic (exact) mass is 483 g/mol. The summed E-state index contributed by atoms with van der Waals surface area (Å²) in [7, 11) is 0. The third-order valence-corrected chi connectivity index (χ3v) is 4.72. The van der Waals surface area contributed by atoms with Crippen LogP contribution in [0.25, 0.3) is 0 Å². The number of hydrazone groups is 1. The van der Waals surface area contributed by atoms with Gasteiger partial charge >= 0.3 is 0 Å². The molecule has 0 radical (unpaired) electrons. The Labute approximate surface area is 173 Å². The van der Waals surface area contributed by atoms with Gasteiger partial charge in [0.05, 0.1) is 0 Å². The topological polar surface area (TPSA) is 52.3 Å². The van der Waals surface area contributed by atoms with Crippen molar-refractivity contribution in [1.82, 2.24) is 0 Å². The summed E-state index contributed by atoms with van der Waals surface area (Å²) in [6.07, 6.45) is 2.96. The third kappa shape index (κ3) is 8.70. The third-order valence-electron chi connectivity index (χ3n) is 3.33. The van der Waals surface area contributed by atoms with E-state index in [0.29, 0.717) is 11.1 Å². The summed E-state index contributed by atoms with van der Waals surface area (Å²) in [6, 6.07) is 16.7. The first-order valence-electron chi connectivity index (χ1n) is 7.91. The van der Waals surface area contributed by atoms with Gasteiger partial charge in [-0.05, 0) is 47.7 Å². The molecule has 2 aromatic rings. The minimum Gasteiger partial charge on any atom is -1.00 e. The predicted octanol–water partition coefficient (Wildman–Crippen LogP) is 0.314. The molecule has 0 heterocycles. The molecular formula is C19H23Br2N3S. The van der Waals surface area contributed by atoms with E-state index in [1.807, 2.05) is 18.3 Å². The van der Waals surface area contributed by atoms with Gasteiger partial charge in [-0.3, -0.25) is 0 Å². The Balaban J connectivity index is 0.00000312. The van der Waals surface area contributed by atoms with Crippen LogP contribution in [0.3, 0.4) is 0 Å². The van der Waals surface area contributed by atoms with E-state index in [4.69, 9.17) is 5.73 Å². The maximum absolute atomic E-state index is 5.92. The number of halogens is 2. The maximum atomic E-state index is 5.92. The zero-order chi connectivity index (χ0) is 17.4. The molecule has 2 aromatic carbocycles. The van der Waals surface area contributed by atoms with Crippen LogP contribution in [0.4, 0.5) is 0 Å². The molecule has 0 fully saturated rings. The van der Waals surface area contributed by atoms with Crippen molar-refractivity contribution in [1.29, 1.82) is 0 Å². The van der Waals surface area contributed by atoms with Crippen LogP contribution >= 0.6 is 27.7 Å². The van der Waals surface area contributed by atoms with E-state index in [2.05, 4.69) is 76.4 Å². The molecule has 0 aromatic heterocycles. The van der Waals surface area contributed by atoms with Gasteiger partial charge in [-0.15, -0.1) is 5.10 Å². The molecule has 134 valence electrons. The molecule has 0 saturated heterocycles. The van der Waals surface area contributed by atoms with Crippen molar-refractivity contribution >= 4 is 39.1 Å². The zero-order valence-corrected chi connectivity index (χ0v) is 18.4. The van der Waals surface area contributed by atoms with Crippen LogP contribution in [0.2, 0.25) is 0 Å². The van der Waals surface area contributed by atoms with Gasteiger partial charge in [0, 0.05) is 20.9 Å².